The van der Waals surface area contributed by atoms with Crippen LogP contribution in [0.1, 0.15) is 12.0 Å². The lowest BCUT2D eigenvalue weighted by atomic mass is 10.1. The van der Waals surface area contributed by atoms with Gasteiger partial charge in [-0.3, -0.25) is 0 Å². The highest BCUT2D eigenvalue weighted by molar-refractivity contribution is 7.86. The maximum absolute atomic E-state index is 12.4. The summed E-state index contributed by atoms with van der Waals surface area (Å²) < 4.78 is 33.2. The molecule has 1 saturated carbocycles. The van der Waals surface area contributed by atoms with Crippen molar-refractivity contribution in [2.24, 2.45) is 11.8 Å². The predicted octanol–water partition coefficient (Wildman–Crippen LogP) is 2.16. The molecule has 0 amide bonds. The summed E-state index contributed by atoms with van der Waals surface area (Å²) in [6, 6.07) is 9.88. The van der Waals surface area contributed by atoms with Crippen LogP contribution in [0.5, 0.6) is 0 Å². The van der Waals surface area contributed by atoms with Crippen molar-refractivity contribution >= 4 is 10.2 Å². The minimum absolute atomic E-state index is 0.0280. The second-order valence-corrected chi connectivity index (χ2v) is 5.56. The quantitative estimate of drug-likeness (QED) is 0.740. The van der Waals surface area contributed by atoms with Crippen LogP contribution in [0.15, 0.2) is 30.3 Å². The van der Waals surface area contributed by atoms with Crippen LogP contribution in [-0.2, 0) is 16.6 Å². The van der Waals surface area contributed by atoms with E-state index in [1.807, 2.05) is 30.3 Å². The Morgan fingerprint density at radius 1 is 1.20 bits per heavy atom. The molecule has 2 rings (SSSR count). The van der Waals surface area contributed by atoms with Crippen molar-refractivity contribution in [3.63, 3.8) is 0 Å². The normalized spacial score (nSPS) is 25.1. The van der Waals surface area contributed by atoms with Gasteiger partial charge in [-0.05, 0) is 30.2 Å². The molecule has 0 spiro atoms. The van der Waals surface area contributed by atoms with Crippen molar-refractivity contribution in [3.05, 3.63) is 35.9 Å². The summed E-state index contributed by atoms with van der Waals surface area (Å²) in [6.45, 7) is 0. The van der Waals surface area contributed by atoms with E-state index in [0.717, 1.165) is 12.8 Å². The molecule has 0 aliphatic heterocycles. The molecule has 15 heavy (non-hydrogen) atoms. The average molecular weight is 228 g/mol. The standard InChI is InChI=1S/C11H13FO2S/c12-15(13,14)8-11-7-10(11)6-9-4-2-1-3-5-9/h1-5,10-11H,6-8H2. The molecule has 0 aromatic heterocycles. The van der Waals surface area contributed by atoms with Crippen LogP contribution < -0.4 is 0 Å². The number of benzene rings is 1. The minimum atomic E-state index is -4.29. The van der Waals surface area contributed by atoms with Crippen molar-refractivity contribution in [1.29, 1.82) is 0 Å². The molecule has 0 saturated heterocycles. The summed E-state index contributed by atoms with van der Waals surface area (Å²) in [6.07, 6.45) is 1.69. The van der Waals surface area contributed by atoms with Crippen LogP contribution in [0.25, 0.3) is 0 Å². The van der Waals surface area contributed by atoms with Crippen molar-refractivity contribution < 1.29 is 12.3 Å². The van der Waals surface area contributed by atoms with Crippen molar-refractivity contribution in [3.8, 4) is 0 Å². The molecule has 2 nitrogen and oxygen atoms in total. The highest BCUT2D eigenvalue weighted by Crippen LogP contribution is 2.42. The van der Waals surface area contributed by atoms with Gasteiger partial charge in [-0.1, -0.05) is 30.3 Å². The van der Waals surface area contributed by atoms with Crippen molar-refractivity contribution in [1.82, 2.24) is 0 Å². The number of hydrogen-bond acceptors (Lipinski definition) is 2. The summed E-state index contributed by atoms with van der Waals surface area (Å²) in [5, 5.41) is 0. The lowest BCUT2D eigenvalue weighted by Crippen LogP contribution is -2.02. The molecular weight excluding hydrogens is 215 g/mol. The molecule has 82 valence electrons. The van der Waals surface area contributed by atoms with E-state index >= 15 is 0 Å². The zero-order valence-electron chi connectivity index (χ0n) is 8.27. The smallest absolute Gasteiger partial charge is 0.195 e. The van der Waals surface area contributed by atoms with Gasteiger partial charge >= 0.3 is 10.2 Å². The van der Waals surface area contributed by atoms with Crippen molar-refractivity contribution in [2.75, 3.05) is 5.75 Å². The zero-order chi connectivity index (χ0) is 10.9. The van der Waals surface area contributed by atoms with Crippen LogP contribution in [0.4, 0.5) is 3.89 Å². The fraction of sp³-hybridized carbons (Fsp3) is 0.455. The highest BCUT2D eigenvalue weighted by atomic mass is 32.3. The van der Waals surface area contributed by atoms with Crippen molar-refractivity contribution in [2.45, 2.75) is 12.8 Å². The lowest BCUT2D eigenvalue weighted by Gasteiger charge is -1.98. The summed E-state index contributed by atoms with van der Waals surface area (Å²) >= 11 is 0. The Bertz CT molecular complexity index is 427. The second-order valence-electron chi connectivity index (χ2n) is 4.15. The highest BCUT2D eigenvalue weighted by Gasteiger charge is 2.39. The van der Waals surface area contributed by atoms with E-state index in [4.69, 9.17) is 0 Å². The minimum Gasteiger partial charge on any atom is -0.195 e. The molecule has 0 heterocycles. The monoisotopic (exact) mass is 228 g/mol. The summed E-state index contributed by atoms with van der Waals surface area (Å²) in [4.78, 5) is 0. The lowest BCUT2D eigenvalue weighted by molar-refractivity contribution is 0.545. The third-order valence-corrected chi connectivity index (χ3v) is 3.65. The number of hydrogen-bond donors (Lipinski definition) is 0. The van der Waals surface area contributed by atoms with Gasteiger partial charge in [0.15, 0.2) is 0 Å². The SMILES string of the molecule is O=S(=O)(F)CC1CC1Cc1ccccc1. The Labute approximate surface area is 89.3 Å². The Morgan fingerprint density at radius 2 is 1.87 bits per heavy atom. The zero-order valence-corrected chi connectivity index (χ0v) is 9.08. The topological polar surface area (TPSA) is 34.1 Å². The molecule has 2 unspecified atom stereocenters. The van der Waals surface area contributed by atoms with E-state index in [0.29, 0.717) is 5.92 Å². The molecule has 1 aliphatic carbocycles. The number of halogens is 1. The molecule has 0 N–H and O–H groups in total. The Balaban J connectivity index is 1.86. The largest absolute Gasteiger partial charge is 0.302 e. The molecule has 4 heteroatoms. The maximum atomic E-state index is 12.4. The van der Waals surface area contributed by atoms with E-state index in [2.05, 4.69) is 0 Å². The predicted molar refractivity (Wildman–Crippen MR) is 56.6 cm³/mol. The van der Waals surface area contributed by atoms with Crippen LogP contribution in [0.2, 0.25) is 0 Å². The molecule has 0 radical (unpaired) electrons. The first-order chi connectivity index (χ1) is 7.04. The van der Waals surface area contributed by atoms with Gasteiger partial charge in [0.05, 0.1) is 5.75 Å². The van der Waals surface area contributed by atoms with Gasteiger partial charge in [0.1, 0.15) is 0 Å². The second kappa shape index (κ2) is 3.93. The van der Waals surface area contributed by atoms with Crippen LogP contribution in [0.3, 0.4) is 0 Å². The molecular formula is C11H13FO2S. The van der Waals surface area contributed by atoms with Gasteiger partial charge in [-0.2, -0.15) is 8.42 Å². The van der Waals surface area contributed by atoms with E-state index in [9.17, 15) is 12.3 Å². The molecule has 0 bridgehead atoms. The molecule has 1 aromatic carbocycles. The van der Waals surface area contributed by atoms with Gasteiger partial charge < -0.3 is 0 Å². The third kappa shape index (κ3) is 3.30. The summed E-state index contributed by atoms with van der Waals surface area (Å²) in [7, 11) is -4.29. The van der Waals surface area contributed by atoms with Gasteiger partial charge in [0.25, 0.3) is 0 Å². The van der Waals surface area contributed by atoms with Gasteiger partial charge in [0, 0.05) is 0 Å². The maximum Gasteiger partial charge on any atom is 0.302 e. The first kappa shape index (κ1) is 10.6. The van der Waals surface area contributed by atoms with E-state index in [-0.39, 0.29) is 11.7 Å². The van der Waals surface area contributed by atoms with Gasteiger partial charge in [0.2, 0.25) is 0 Å². The summed E-state index contributed by atoms with van der Waals surface area (Å²) in [5.41, 5.74) is 1.20. The molecule has 1 fully saturated rings. The van der Waals surface area contributed by atoms with Crippen LogP contribution in [0, 0.1) is 11.8 Å². The first-order valence-corrected chi connectivity index (χ1v) is 6.56. The fourth-order valence-electron chi connectivity index (χ4n) is 1.94. The van der Waals surface area contributed by atoms with Crippen LogP contribution in [-0.4, -0.2) is 14.2 Å². The van der Waals surface area contributed by atoms with E-state index in [1.165, 1.54) is 5.56 Å². The molecule has 1 aliphatic rings. The Kier molecular flexibility index (Phi) is 2.78. The number of rotatable bonds is 4. The average Bonchev–Trinajstić information content (AvgIpc) is 2.82. The Morgan fingerprint density at radius 3 is 2.47 bits per heavy atom. The van der Waals surface area contributed by atoms with Gasteiger partial charge in [-0.15, -0.1) is 3.89 Å². The first-order valence-electron chi connectivity index (χ1n) is 5.01. The van der Waals surface area contributed by atoms with E-state index < -0.39 is 10.2 Å². The van der Waals surface area contributed by atoms with Crippen LogP contribution >= 0.6 is 0 Å². The summed E-state index contributed by atoms with van der Waals surface area (Å²) in [5.74, 6) is 0.0722. The third-order valence-electron chi connectivity index (χ3n) is 2.82. The molecule has 2 atom stereocenters. The van der Waals surface area contributed by atoms with E-state index in [1.54, 1.807) is 0 Å². The fourth-order valence-corrected chi connectivity index (χ4v) is 2.86. The van der Waals surface area contributed by atoms with Gasteiger partial charge in [-0.25, -0.2) is 0 Å². The molecule has 1 aromatic rings. The Hall–Kier alpha value is -0.900.